The molecular weight excluding hydrogens is 222 g/mol. The van der Waals surface area contributed by atoms with E-state index >= 15 is 0 Å². The summed E-state index contributed by atoms with van der Waals surface area (Å²) in [7, 11) is 1.84. The van der Waals surface area contributed by atoms with Crippen molar-refractivity contribution in [1.29, 1.82) is 5.26 Å². The summed E-state index contributed by atoms with van der Waals surface area (Å²) in [5.41, 5.74) is 3.57. The van der Waals surface area contributed by atoms with Crippen LogP contribution in [0, 0.1) is 30.1 Å². The zero-order valence-electron chi connectivity index (χ0n) is 10.4. The van der Waals surface area contributed by atoms with Gasteiger partial charge in [-0.2, -0.15) is 10.4 Å². The third kappa shape index (κ3) is 2.42. The quantitative estimate of drug-likeness (QED) is 0.711. The fourth-order valence-corrected chi connectivity index (χ4v) is 1.80. The summed E-state index contributed by atoms with van der Waals surface area (Å²) in [6.07, 6.45) is 0.330. The van der Waals surface area contributed by atoms with Crippen LogP contribution in [-0.2, 0) is 13.5 Å². The van der Waals surface area contributed by atoms with Crippen molar-refractivity contribution in [3.8, 4) is 17.9 Å². The van der Waals surface area contributed by atoms with Gasteiger partial charge in [-0.3, -0.25) is 4.68 Å². The number of aryl methyl sites for hydroxylation is 2. The van der Waals surface area contributed by atoms with E-state index in [1.54, 1.807) is 4.68 Å². The lowest BCUT2D eigenvalue weighted by atomic mass is 10.1. The Hall–Kier alpha value is -2.52. The molecule has 0 saturated carbocycles. The molecule has 0 amide bonds. The van der Waals surface area contributed by atoms with Gasteiger partial charge in [0.05, 0.1) is 29.4 Å². The minimum Gasteiger partial charge on any atom is -0.270 e. The van der Waals surface area contributed by atoms with Crippen LogP contribution < -0.4 is 0 Å². The largest absolute Gasteiger partial charge is 0.270 e. The van der Waals surface area contributed by atoms with E-state index in [9.17, 15) is 0 Å². The second-order valence-electron chi connectivity index (χ2n) is 3.98. The lowest BCUT2D eigenvalue weighted by Gasteiger charge is -1.95. The number of hydrogen-bond acceptors (Lipinski definition) is 2. The normalized spacial score (nSPS) is 9.39. The highest BCUT2D eigenvalue weighted by atomic mass is 15.3. The van der Waals surface area contributed by atoms with E-state index < -0.39 is 0 Å². The fourth-order valence-electron chi connectivity index (χ4n) is 1.80. The van der Waals surface area contributed by atoms with Crippen molar-refractivity contribution < 1.29 is 0 Å². The van der Waals surface area contributed by atoms with Crippen molar-refractivity contribution in [2.24, 2.45) is 7.05 Å². The molecular formula is C15H13N3. The first kappa shape index (κ1) is 12.0. The molecule has 2 aromatic rings. The van der Waals surface area contributed by atoms with Crippen molar-refractivity contribution in [2.75, 3.05) is 0 Å². The zero-order chi connectivity index (χ0) is 13.0. The topological polar surface area (TPSA) is 41.6 Å². The highest BCUT2D eigenvalue weighted by Crippen LogP contribution is 2.12. The molecule has 0 fully saturated rings. The molecule has 1 heterocycles. The van der Waals surface area contributed by atoms with Gasteiger partial charge in [0.1, 0.15) is 0 Å². The maximum atomic E-state index is 8.82. The summed E-state index contributed by atoms with van der Waals surface area (Å²) in [6, 6.07) is 11.9. The first-order valence-corrected chi connectivity index (χ1v) is 5.69. The van der Waals surface area contributed by atoms with Gasteiger partial charge in [0.25, 0.3) is 0 Å². The third-order valence-electron chi connectivity index (χ3n) is 2.69. The molecule has 2 rings (SSSR count). The van der Waals surface area contributed by atoms with Gasteiger partial charge in [-0.05, 0) is 19.1 Å². The Balaban J connectivity index is 2.41. The number of nitrogens with zero attached hydrogens (tertiary/aromatic N) is 3. The molecule has 0 radical (unpaired) electrons. The molecule has 0 atom stereocenters. The summed E-state index contributed by atoms with van der Waals surface area (Å²) >= 11 is 0. The molecule has 0 unspecified atom stereocenters. The molecule has 0 aliphatic rings. The maximum Gasteiger partial charge on any atom is 0.0784 e. The Morgan fingerprint density at radius 2 is 1.94 bits per heavy atom. The number of aromatic nitrogens is 2. The van der Waals surface area contributed by atoms with Gasteiger partial charge < -0.3 is 0 Å². The standard InChI is InChI=1S/C15H13N3/c1-12-14(15(10-11-16)18(2)17-12)9-8-13-6-4-3-5-7-13/h3-7H,10H2,1-2H3. The van der Waals surface area contributed by atoms with Crippen LogP contribution in [0.3, 0.4) is 0 Å². The smallest absolute Gasteiger partial charge is 0.0784 e. The predicted molar refractivity (Wildman–Crippen MR) is 69.7 cm³/mol. The van der Waals surface area contributed by atoms with Crippen LogP contribution in [0.2, 0.25) is 0 Å². The molecule has 0 spiro atoms. The molecule has 18 heavy (non-hydrogen) atoms. The average molecular weight is 235 g/mol. The molecule has 3 heteroatoms. The van der Waals surface area contributed by atoms with Gasteiger partial charge in [-0.1, -0.05) is 30.0 Å². The summed E-state index contributed by atoms with van der Waals surface area (Å²) in [5.74, 6) is 6.22. The highest BCUT2D eigenvalue weighted by molar-refractivity contribution is 5.47. The van der Waals surface area contributed by atoms with E-state index in [0.717, 1.165) is 22.5 Å². The molecule has 0 aliphatic carbocycles. The second-order valence-corrected chi connectivity index (χ2v) is 3.98. The minimum atomic E-state index is 0.330. The van der Waals surface area contributed by atoms with Crippen LogP contribution in [0.4, 0.5) is 0 Å². The van der Waals surface area contributed by atoms with Gasteiger partial charge in [-0.15, -0.1) is 0 Å². The molecule has 0 bridgehead atoms. The van der Waals surface area contributed by atoms with Crippen LogP contribution in [-0.4, -0.2) is 9.78 Å². The Bertz CT molecular complexity index is 649. The SMILES string of the molecule is Cc1nn(C)c(CC#N)c1C#Cc1ccccc1. The van der Waals surface area contributed by atoms with Gasteiger partial charge in [0, 0.05) is 12.6 Å². The highest BCUT2D eigenvalue weighted by Gasteiger charge is 2.10. The van der Waals surface area contributed by atoms with Gasteiger partial charge in [-0.25, -0.2) is 0 Å². The van der Waals surface area contributed by atoms with E-state index in [4.69, 9.17) is 5.26 Å². The van der Waals surface area contributed by atoms with Crippen LogP contribution >= 0.6 is 0 Å². The summed E-state index contributed by atoms with van der Waals surface area (Å²) in [6.45, 7) is 1.91. The summed E-state index contributed by atoms with van der Waals surface area (Å²) < 4.78 is 1.73. The molecule has 0 N–H and O–H groups in total. The Kier molecular flexibility index (Phi) is 3.46. The lowest BCUT2D eigenvalue weighted by Crippen LogP contribution is -1.98. The van der Waals surface area contributed by atoms with Gasteiger partial charge >= 0.3 is 0 Å². The van der Waals surface area contributed by atoms with Crippen LogP contribution in [0.25, 0.3) is 0 Å². The number of hydrogen-bond donors (Lipinski definition) is 0. The van der Waals surface area contributed by atoms with E-state index in [2.05, 4.69) is 23.0 Å². The molecule has 3 nitrogen and oxygen atoms in total. The minimum absolute atomic E-state index is 0.330. The van der Waals surface area contributed by atoms with Crippen molar-refractivity contribution in [1.82, 2.24) is 9.78 Å². The fraction of sp³-hybridized carbons (Fsp3) is 0.200. The first-order valence-electron chi connectivity index (χ1n) is 5.69. The van der Waals surface area contributed by atoms with Crippen LogP contribution in [0.5, 0.6) is 0 Å². The van der Waals surface area contributed by atoms with E-state index in [0.29, 0.717) is 6.42 Å². The maximum absolute atomic E-state index is 8.82. The molecule has 0 aliphatic heterocycles. The van der Waals surface area contributed by atoms with Crippen LogP contribution in [0.15, 0.2) is 30.3 Å². The van der Waals surface area contributed by atoms with E-state index in [-0.39, 0.29) is 0 Å². The van der Waals surface area contributed by atoms with Crippen molar-refractivity contribution in [3.63, 3.8) is 0 Å². The number of benzene rings is 1. The van der Waals surface area contributed by atoms with Gasteiger partial charge in [0.15, 0.2) is 0 Å². The first-order chi connectivity index (χ1) is 8.72. The predicted octanol–water partition coefficient (Wildman–Crippen LogP) is 2.19. The van der Waals surface area contributed by atoms with Crippen molar-refractivity contribution >= 4 is 0 Å². The molecule has 88 valence electrons. The van der Waals surface area contributed by atoms with Crippen molar-refractivity contribution in [2.45, 2.75) is 13.3 Å². The Morgan fingerprint density at radius 3 is 2.61 bits per heavy atom. The zero-order valence-corrected chi connectivity index (χ0v) is 10.4. The Labute approximate surface area is 107 Å². The summed E-state index contributed by atoms with van der Waals surface area (Å²) in [4.78, 5) is 0. The molecule has 0 saturated heterocycles. The molecule has 1 aromatic heterocycles. The van der Waals surface area contributed by atoms with Crippen LogP contribution in [0.1, 0.15) is 22.5 Å². The number of rotatable bonds is 1. The van der Waals surface area contributed by atoms with Gasteiger partial charge in [0.2, 0.25) is 0 Å². The monoisotopic (exact) mass is 235 g/mol. The lowest BCUT2D eigenvalue weighted by molar-refractivity contribution is 0.721. The second kappa shape index (κ2) is 5.21. The Morgan fingerprint density at radius 1 is 1.22 bits per heavy atom. The third-order valence-corrected chi connectivity index (χ3v) is 2.69. The summed E-state index contributed by atoms with van der Waals surface area (Å²) in [5, 5.41) is 13.1. The van der Waals surface area contributed by atoms with Crippen molar-refractivity contribution in [3.05, 3.63) is 52.8 Å². The van der Waals surface area contributed by atoms with E-state index in [1.807, 2.05) is 44.3 Å². The average Bonchev–Trinajstić information content (AvgIpc) is 2.64. The number of nitriles is 1. The van der Waals surface area contributed by atoms with E-state index in [1.165, 1.54) is 0 Å². The molecule has 1 aromatic carbocycles.